The number of rotatable bonds is 3. The van der Waals surface area contributed by atoms with Crippen molar-refractivity contribution < 1.29 is 14.3 Å². The third kappa shape index (κ3) is 2.94. The molecule has 5 nitrogen and oxygen atoms in total. The highest BCUT2D eigenvalue weighted by atomic mass is 16.5. The number of ether oxygens (including phenoxy) is 1. The molecule has 0 rings (SSSR count). The van der Waals surface area contributed by atoms with Crippen LogP contribution in [-0.2, 0) is 9.53 Å². The molecule has 0 heterocycles. The standard InChI is InChI=1S/C6H5N3O2/c1-2-3-11-6(10)5(4-7)9-8/h2H,1,3H2. The van der Waals surface area contributed by atoms with Gasteiger partial charge in [-0.05, 0) is 0 Å². The third-order valence-electron chi connectivity index (χ3n) is 0.732. The minimum absolute atomic E-state index is 0.0144. The molecule has 0 N–H and O–H groups in total. The number of hydrogen-bond donors (Lipinski definition) is 0. The number of nitriles is 1. The fourth-order valence-corrected chi connectivity index (χ4v) is 0.312. The lowest BCUT2D eigenvalue weighted by atomic mass is 10.4. The summed E-state index contributed by atoms with van der Waals surface area (Å²) in [6.45, 7) is 3.27. The van der Waals surface area contributed by atoms with Crippen LogP contribution in [0.3, 0.4) is 0 Å². The second kappa shape index (κ2) is 4.91. The lowest BCUT2D eigenvalue weighted by molar-refractivity contribution is -0.138. The van der Waals surface area contributed by atoms with Crippen LogP contribution < -0.4 is 0 Å². The first kappa shape index (κ1) is 9.08. The molecule has 0 aliphatic rings. The highest BCUT2D eigenvalue weighted by molar-refractivity contribution is 6.40. The summed E-state index contributed by atoms with van der Waals surface area (Å²) in [6.07, 6.45) is 1.34. The quantitative estimate of drug-likeness (QED) is 0.186. The van der Waals surface area contributed by atoms with Crippen LogP contribution in [0.1, 0.15) is 0 Å². The molecular weight excluding hydrogens is 146 g/mol. The van der Waals surface area contributed by atoms with Gasteiger partial charge in [-0.25, -0.2) is 4.79 Å². The highest BCUT2D eigenvalue weighted by Gasteiger charge is 2.20. The van der Waals surface area contributed by atoms with Crippen LogP contribution in [0.25, 0.3) is 5.53 Å². The molecule has 0 aromatic heterocycles. The fraction of sp³-hybridized carbons (Fsp3) is 0.167. The van der Waals surface area contributed by atoms with E-state index in [0.717, 1.165) is 0 Å². The van der Waals surface area contributed by atoms with Crippen molar-refractivity contribution in [1.82, 2.24) is 0 Å². The average molecular weight is 151 g/mol. The smallest absolute Gasteiger partial charge is 0.452 e. The van der Waals surface area contributed by atoms with Crippen molar-refractivity contribution in [3.05, 3.63) is 18.2 Å². The fourth-order valence-electron chi connectivity index (χ4n) is 0.312. The van der Waals surface area contributed by atoms with Gasteiger partial charge < -0.3 is 10.3 Å². The molecule has 0 atom stereocenters. The summed E-state index contributed by atoms with van der Waals surface area (Å²) in [5.41, 5.74) is 7.36. The molecule has 0 saturated carbocycles. The molecule has 0 amide bonds. The Morgan fingerprint density at radius 2 is 2.55 bits per heavy atom. The molecule has 5 heteroatoms. The van der Waals surface area contributed by atoms with Crippen LogP contribution in [0.15, 0.2) is 12.7 Å². The molecule has 0 fully saturated rings. The van der Waals surface area contributed by atoms with Crippen molar-refractivity contribution in [1.29, 1.82) is 5.26 Å². The number of nitrogens with zero attached hydrogens (tertiary/aromatic N) is 3. The summed E-state index contributed by atoms with van der Waals surface area (Å²) in [5.74, 6) is -0.963. The average Bonchev–Trinajstić information content (AvgIpc) is 2.03. The van der Waals surface area contributed by atoms with E-state index in [0.29, 0.717) is 0 Å². The van der Waals surface area contributed by atoms with Crippen LogP contribution in [0.4, 0.5) is 0 Å². The lowest BCUT2D eigenvalue weighted by Crippen LogP contribution is -2.16. The molecule has 0 saturated heterocycles. The summed E-state index contributed by atoms with van der Waals surface area (Å²) < 4.78 is 4.36. The van der Waals surface area contributed by atoms with Gasteiger partial charge in [-0.2, -0.15) is 5.26 Å². The molecular formula is C6H5N3O2. The summed E-state index contributed by atoms with van der Waals surface area (Å²) in [5, 5.41) is 8.13. The van der Waals surface area contributed by atoms with Crippen molar-refractivity contribution in [2.75, 3.05) is 6.61 Å². The van der Waals surface area contributed by atoms with Gasteiger partial charge in [-0.15, -0.1) is 4.79 Å². The topological polar surface area (TPSA) is 86.5 Å². The number of carbonyl (C=O) groups is 1. The van der Waals surface area contributed by atoms with E-state index in [4.69, 9.17) is 10.8 Å². The van der Waals surface area contributed by atoms with Gasteiger partial charge in [0.15, 0.2) is 6.07 Å². The predicted octanol–water partition coefficient (Wildman–Crippen LogP) is -0.0900. The van der Waals surface area contributed by atoms with E-state index in [-0.39, 0.29) is 6.61 Å². The Morgan fingerprint density at radius 3 is 2.91 bits per heavy atom. The highest BCUT2D eigenvalue weighted by Crippen LogP contribution is 1.79. The van der Waals surface area contributed by atoms with Gasteiger partial charge in [0.25, 0.3) is 0 Å². The number of esters is 1. The summed E-state index contributed by atoms with van der Waals surface area (Å²) in [6, 6.07) is 1.35. The largest absolute Gasteiger partial charge is 0.475 e. The Bertz CT molecular complexity index is 257. The first-order valence-corrected chi connectivity index (χ1v) is 2.66. The molecule has 0 aromatic carbocycles. The van der Waals surface area contributed by atoms with Crippen molar-refractivity contribution in [3.8, 4) is 6.07 Å². The minimum atomic E-state index is -0.963. The van der Waals surface area contributed by atoms with Crippen LogP contribution in [-0.4, -0.2) is 23.1 Å². The van der Waals surface area contributed by atoms with Gasteiger partial charge >= 0.3 is 11.7 Å². The van der Waals surface area contributed by atoms with Gasteiger partial charge in [-0.1, -0.05) is 12.7 Å². The molecule has 11 heavy (non-hydrogen) atoms. The van der Waals surface area contributed by atoms with E-state index in [1.165, 1.54) is 12.1 Å². The number of carbonyl (C=O) groups excluding carboxylic acids is 1. The maximum Gasteiger partial charge on any atom is 0.475 e. The van der Waals surface area contributed by atoms with E-state index in [1.807, 2.05) is 0 Å². The Balaban J connectivity index is 4.15. The van der Waals surface area contributed by atoms with E-state index in [2.05, 4.69) is 16.1 Å². The van der Waals surface area contributed by atoms with Crippen molar-refractivity contribution in [2.45, 2.75) is 0 Å². The number of hydrogen-bond acceptors (Lipinski definition) is 3. The van der Waals surface area contributed by atoms with E-state index in [1.54, 1.807) is 0 Å². The Morgan fingerprint density at radius 1 is 1.91 bits per heavy atom. The second-order valence-electron chi connectivity index (χ2n) is 1.45. The van der Waals surface area contributed by atoms with Crippen LogP contribution in [0.5, 0.6) is 0 Å². The maximum atomic E-state index is 10.6. The first-order chi connectivity index (χ1) is 5.26. The SMILES string of the molecule is C=CCOC(=O)C(C#N)=[N+]=[N-]. The Kier molecular flexibility index (Phi) is 4.06. The monoisotopic (exact) mass is 151 g/mol. The van der Waals surface area contributed by atoms with Gasteiger partial charge in [0.2, 0.25) is 0 Å². The van der Waals surface area contributed by atoms with Crippen molar-refractivity contribution >= 4 is 11.7 Å². The van der Waals surface area contributed by atoms with Gasteiger partial charge in [-0.3, -0.25) is 0 Å². The predicted molar refractivity (Wildman–Crippen MR) is 35.4 cm³/mol. The Hall–Kier alpha value is -1.92. The molecule has 0 spiro atoms. The zero-order valence-corrected chi connectivity index (χ0v) is 5.65. The van der Waals surface area contributed by atoms with Gasteiger partial charge in [0.05, 0.1) is 0 Å². The van der Waals surface area contributed by atoms with Crippen LogP contribution in [0.2, 0.25) is 0 Å². The van der Waals surface area contributed by atoms with Gasteiger partial charge in [0.1, 0.15) is 6.61 Å². The van der Waals surface area contributed by atoms with E-state index in [9.17, 15) is 4.79 Å². The normalized spacial score (nSPS) is 7.18. The summed E-state index contributed by atoms with van der Waals surface area (Å²) in [7, 11) is 0. The van der Waals surface area contributed by atoms with E-state index < -0.39 is 11.7 Å². The molecule has 0 unspecified atom stereocenters. The van der Waals surface area contributed by atoms with Crippen molar-refractivity contribution in [3.63, 3.8) is 0 Å². The third-order valence-corrected chi connectivity index (χ3v) is 0.732. The van der Waals surface area contributed by atoms with Crippen molar-refractivity contribution in [2.24, 2.45) is 0 Å². The summed E-state index contributed by atoms with van der Waals surface area (Å²) in [4.78, 5) is 13.0. The zero-order chi connectivity index (χ0) is 8.69. The maximum absolute atomic E-state index is 10.6. The Labute approximate surface area is 63.1 Å². The molecule has 0 aliphatic carbocycles. The zero-order valence-electron chi connectivity index (χ0n) is 5.65. The molecule has 0 aromatic rings. The van der Waals surface area contributed by atoms with E-state index >= 15 is 0 Å². The second-order valence-corrected chi connectivity index (χ2v) is 1.45. The summed E-state index contributed by atoms with van der Waals surface area (Å²) >= 11 is 0. The molecule has 0 bridgehead atoms. The van der Waals surface area contributed by atoms with Crippen LogP contribution in [0, 0.1) is 11.3 Å². The van der Waals surface area contributed by atoms with Gasteiger partial charge in [0, 0.05) is 0 Å². The molecule has 0 radical (unpaired) electrons. The minimum Gasteiger partial charge on any atom is -0.452 e. The first-order valence-electron chi connectivity index (χ1n) is 2.66. The molecule has 0 aliphatic heterocycles. The molecule has 56 valence electrons. The lowest BCUT2D eigenvalue weighted by Gasteiger charge is -1.90. The van der Waals surface area contributed by atoms with Crippen LogP contribution >= 0.6 is 0 Å².